The van der Waals surface area contributed by atoms with Crippen molar-refractivity contribution < 1.29 is 4.74 Å². The van der Waals surface area contributed by atoms with Gasteiger partial charge in [-0.05, 0) is 36.4 Å². The first kappa shape index (κ1) is 12.1. The number of hydrogen-bond acceptors (Lipinski definition) is 2. The predicted molar refractivity (Wildman–Crippen MR) is 72.2 cm³/mol. The van der Waals surface area contributed by atoms with E-state index in [4.69, 9.17) is 4.74 Å². The monoisotopic (exact) mass is 229 g/mol. The van der Waals surface area contributed by atoms with Gasteiger partial charge in [-0.15, -0.1) is 0 Å². The smallest absolute Gasteiger partial charge is 0.0949 e. The van der Waals surface area contributed by atoms with Crippen molar-refractivity contribution in [3.05, 3.63) is 48.0 Å². The van der Waals surface area contributed by atoms with E-state index in [2.05, 4.69) is 47.8 Å². The highest BCUT2D eigenvalue weighted by molar-refractivity contribution is 5.83. The average molecular weight is 229 g/mol. The highest BCUT2D eigenvalue weighted by Crippen LogP contribution is 2.22. The van der Waals surface area contributed by atoms with Crippen LogP contribution < -0.4 is 5.32 Å². The zero-order valence-corrected chi connectivity index (χ0v) is 10.4. The molecule has 0 aliphatic carbocycles. The fourth-order valence-corrected chi connectivity index (χ4v) is 2.07. The Kier molecular flexibility index (Phi) is 4.13. The molecule has 0 bridgehead atoms. The maximum atomic E-state index is 5.75. The van der Waals surface area contributed by atoms with E-state index in [0.29, 0.717) is 0 Å². The molecule has 1 N–H and O–H groups in total. The first-order chi connectivity index (χ1) is 8.35. The minimum atomic E-state index is 0.134. The van der Waals surface area contributed by atoms with Crippen LogP contribution in [0.4, 0.5) is 0 Å². The number of likely N-dealkylation sites (N-methyl/N-ethyl adjacent to an activating group) is 1. The van der Waals surface area contributed by atoms with Gasteiger partial charge in [0.2, 0.25) is 0 Å². The van der Waals surface area contributed by atoms with Crippen LogP contribution in [0.3, 0.4) is 0 Å². The lowest BCUT2D eigenvalue weighted by Crippen LogP contribution is -2.19. The number of hydrogen-bond donors (Lipinski definition) is 1. The molecule has 2 nitrogen and oxygen atoms in total. The molecule has 0 radical (unpaired) electrons. The SMILES string of the molecule is CCOC(CNC)c1ccc2ccccc2c1. The van der Waals surface area contributed by atoms with Gasteiger partial charge in [-0.3, -0.25) is 0 Å². The Hall–Kier alpha value is -1.38. The van der Waals surface area contributed by atoms with E-state index in [9.17, 15) is 0 Å². The normalized spacial score (nSPS) is 12.8. The van der Waals surface area contributed by atoms with E-state index in [0.717, 1.165) is 13.2 Å². The van der Waals surface area contributed by atoms with E-state index < -0.39 is 0 Å². The van der Waals surface area contributed by atoms with Crippen LogP contribution in [-0.4, -0.2) is 20.2 Å². The van der Waals surface area contributed by atoms with Crippen LogP contribution in [0.25, 0.3) is 10.8 Å². The van der Waals surface area contributed by atoms with Gasteiger partial charge < -0.3 is 10.1 Å². The third-order valence-corrected chi connectivity index (χ3v) is 2.90. The van der Waals surface area contributed by atoms with Gasteiger partial charge >= 0.3 is 0 Å². The van der Waals surface area contributed by atoms with Crippen LogP contribution in [0.15, 0.2) is 42.5 Å². The van der Waals surface area contributed by atoms with E-state index in [-0.39, 0.29) is 6.10 Å². The van der Waals surface area contributed by atoms with Crippen molar-refractivity contribution >= 4 is 10.8 Å². The fraction of sp³-hybridized carbons (Fsp3) is 0.333. The van der Waals surface area contributed by atoms with Crippen molar-refractivity contribution in [2.24, 2.45) is 0 Å². The average Bonchev–Trinajstić information content (AvgIpc) is 2.38. The second-order valence-electron chi connectivity index (χ2n) is 4.11. The van der Waals surface area contributed by atoms with Crippen LogP contribution in [0, 0.1) is 0 Å². The van der Waals surface area contributed by atoms with Crippen molar-refractivity contribution in [2.45, 2.75) is 13.0 Å². The summed E-state index contributed by atoms with van der Waals surface area (Å²) >= 11 is 0. The van der Waals surface area contributed by atoms with Gasteiger partial charge in [-0.25, -0.2) is 0 Å². The quantitative estimate of drug-likeness (QED) is 0.850. The van der Waals surface area contributed by atoms with E-state index in [1.807, 2.05) is 14.0 Å². The standard InChI is InChI=1S/C15H19NO/c1-3-17-15(11-16-2)14-9-8-12-6-4-5-7-13(12)10-14/h4-10,15-16H,3,11H2,1-2H3. The molecule has 2 rings (SSSR count). The number of ether oxygens (including phenoxy) is 1. The van der Waals surface area contributed by atoms with Crippen molar-refractivity contribution in [2.75, 3.05) is 20.2 Å². The van der Waals surface area contributed by atoms with Gasteiger partial charge in [0.1, 0.15) is 0 Å². The summed E-state index contributed by atoms with van der Waals surface area (Å²) in [5, 5.41) is 5.72. The Morgan fingerprint density at radius 1 is 1.12 bits per heavy atom. The van der Waals surface area contributed by atoms with Crippen LogP contribution in [0.1, 0.15) is 18.6 Å². The lowest BCUT2D eigenvalue weighted by atomic mass is 10.0. The summed E-state index contributed by atoms with van der Waals surface area (Å²) < 4.78 is 5.75. The maximum Gasteiger partial charge on any atom is 0.0949 e. The summed E-state index contributed by atoms with van der Waals surface area (Å²) in [6.07, 6.45) is 0.134. The molecule has 0 heterocycles. The largest absolute Gasteiger partial charge is 0.372 e. The summed E-state index contributed by atoms with van der Waals surface area (Å²) in [5.74, 6) is 0. The maximum absolute atomic E-state index is 5.75. The molecule has 0 saturated heterocycles. The molecule has 0 saturated carbocycles. The molecule has 17 heavy (non-hydrogen) atoms. The van der Waals surface area contributed by atoms with Gasteiger partial charge in [0, 0.05) is 13.2 Å². The Morgan fingerprint density at radius 3 is 2.59 bits per heavy atom. The molecular formula is C15H19NO. The van der Waals surface area contributed by atoms with Crippen molar-refractivity contribution in [1.29, 1.82) is 0 Å². The molecule has 0 amide bonds. The minimum Gasteiger partial charge on any atom is -0.372 e. The van der Waals surface area contributed by atoms with Crippen molar-refractivity contribution in [3.63, 3.8) is 0 Å². The summed E-state index contributed by atoms with van der Waals surface area (Å²) in [7, 11) is 1.95. The number of fused-ring (bicyclic) bond motifs is 1. The van der Waals surface area contributed by atoms with Crippen molar-refractivity contribution in [1.82, 2.24) is 5.32 Å². The minimum absolute atomic E-state index is 0.134. The zero-order valence-electron chi connectivity index (χ0n) is 10.4. The number of rotatable bonds is 5. The first-order valence-electron chi connectivity index (χ1n) is 6.10. The first-order valence-corrected chi connectivity index (χ1v) is 6.10. The van der Waals surface area contributed by atoms with Gasteiger partial charge in [0.25, 0.3) is 0 Å². The molecule has 0 aliphatic rings. The molecule has 0 fully saturated rings. The summed E-state index contributed by atoms with van der Waals surface area (Å²) in [4.78, 5) is 0. The molecule has 2 aromatic rings. The summed E-state index contributed by atoms with van der Waals surface area (Å²) in [6, 6.07) is 14.9. The molecular weight excluding hydrogens is 210 g/mol. The highest BCUT2D eigenvalue weighted by atomic mass is 16.5. The van der Waals surface area contributed by atoms with Gasteiger partial charge in [0.05, 0.1) is 6.10 Å². The van der Waals surface area contributed by atoms with Gasteiger partial charge in [-0.1, -0.05) is 36.4 Å². The van der Waals surface area contributed by atoms with Gasteiger partial charge in [0.15, 0.2) is 0 Å². The van der Waals surface area contributed by atoms with E-state index >= 15 is 0 Å². The van der Waals surface area contributed by atoms with E-state index in [1.165, 1.54) is 16.3 Å². The molecule has 0 aromatic heterocycles. The number of nitrogens with one attached hydrogen (secondary N) is 1. The summed E-state index contributed by atoms with van der Waals surface area (Å²) in [5.41, 5.74) is 1.24. The van der Waals surface area contributed by atoms with Crippen LogP contribution >= 0.6 is 0 Å². The van der Waals surface area contributed by atoms with E-state index in [1.54, 1.807) is 0 Å². The second-order valence-corrected chi connectivity index (χ2v) is 4.11. The number of benzene rings is 2. The lowest BCUT2D eigenvalue weighted by Gasteiger charge is -2.17. The molecule has 0 aliphatic heterocycles. The Labute approximate surface area is 103 Å². The predicted octanol–water partition coefficient (Wildman–Crippen LogP) is 3.14. The van der Waals surface area contributed by atoms with Crippen LogP contribution in [-0.2, 0) is 4.74 Å². The third-order valence-electron chi connectivity index (χ3n) is 2.90. The van der Waals surface area contributed by atoms with Crippen LogP contribution in [0.2, 0.25) is 0 Å². The molecule has 0 spiro atoms. The third kappa shape index (κ3) is 2.84. The molecule has 2 heteroatoms. The fourth-order valence-electron chi connectivity index (χ4n) is 2.07. The van der Waals surface area contributed by atoms with Crippen LogP contribution in [0.5, 0.6) is 0 Å². The zero-order chi connectivity index (χ0) is 12.1. The topological polar surface area (TPSA) is 21.3 Å². The van der Waals surface area contributed by atoms with Crippen molar-refractivity contribution in [3.8, 4) is 0 Å². The van der Waals surface area contributed by atoms with Gasteiger partial charge in [-0.2, -0.15) is 0 Å². The molecule has 2 aromatic carbocycles. The molecule has 1 unspecified atom stereocenters. The molecule has 90 valence electrons. The highest BCUT2D eigenvalue weighted by Gasteiger charge is 2.10. The lowest BCUT2D eigenvalue weighted by molar-refractivity contribution is 0.0639. The Balaban J connectivity index is 2.32. The summed E-state index contributed by atoms with van der Waals surface area (Å²) in [6.45, 7) is 3.61. The molecule has 1 atom stereocenters. The Morgan fingerprint density at radius 2 is 1.88 bits per heavy atom. The Bertz CT molecular complexity index is 475. The second kappa shape index (κ2) is 5.80.